The predicted octanol–water partition coefficient (Wildman–Crippen LogP) is 3.52. The van der Waals surface area contributed by atoms with Crippen molar-refractivity contribution in [1.82, 2.24) is 0 Å². The second-order valence-corrected chi connectivity index (χ2v) is 5.20. The number of rotatable bonds is 6. The van der Waals surface area contributed by atoms with E-state index in [-0.39, 0.29) is 29.2 Å². The number of benzene rings is 2. The van der Waals surface area contributed by atoms with Crippen molar-refractivity contribution < 1.29 is 28.2 Å². The van der Waals surface area contributed by atoms with Crippen LogP contribution in [0.5, 0.6) is 11.5 Å². The highest BCUT2D eigenvalue weighted by Crippen LogP contribution is 2.29. The van der Waals surface area contributed by atoms with Gasteiger partial charge in [-0.15, -0.1) is 0 Å². The van der Waals surface area contributed by atoms with Crippen molar-refractivity contribution >= 4 is 18.0 Å². The van der Waals surface area contributed by atoms with E-state index in [2.05, 4.69) is 0 Å². The van der Waals surface area contributed by atoms with Crippen LogP contribution in [0.1, 0.15) is 22.8 Å². The summed E-state index contributed by atoms with van der Waals surface area (Å²) >= 11 is 0. The van der Waals surface area contributed by atoms with Gasteiger partial charge in [0.2, 0.25) is 0 Å². The highest BCUT2D eigenvalue weighted by molar-refractivity contribution is 5.98. The SMILES string of the molecule is CCOC(=O)/C(C#N)=C\c1ccc(OC(=O)c2ccc(F)cc2)c(OC)c1. The van der Waals surface area contributed by atoms with Crippen molar-refractivity contribution in [3.63, 3.8) is 0 Å². The molecule has 6 nitrogen and oxygen atoms in total. The van der Waals surface area contributed by atoms with Crippen LogP contribution >= 0.6 is 0 Å². The fourth-order valence-electron chi connectivity index (χ4n) is 2.12. The molecule has 0 unspecified atom stereocenters. The van der Waals surface area contributed by atoms with Crippen molar-refractivity contribution in [2.24, 2.45) is 0 Å². The maximum atomic E-state index is 12.9. The molecule has 27 heavy (non-hydrogen) atoms. The van der Waals surface area contributed by atoms with Crippen molar-refractivity contribution in [1.29, 1.82) is 5.26 Å². The summed E-state index contributed by atoms with van der Waals surface area (Å²) in [5, 5.41) is 9.08. The molecule has 0 bridgehead atoms. The van der Waals surface area contributed by atoms with Crippen LogP contribution in [0.3, 0.4) is 0 Å². The van der Waals surface area contributed by atoms with E-state index in [0.29, 0.717) is 5.56 Å². The fourth-order valence-corrected chi connectivity index (χ4v) is 2.12. The number of hydrogen-bond donors (Lipinski definition) is 0. The molecule has 0 amide bonds. The summed E-state index contributed by atoms with van der Waals surface area (Å²) in [5.41, 5.74) is 0.490. The van der Waals surface area contributed by atoms with Crippen molar-refractivity contribution in [2.75, 3.05) is 13.7 Å². The molecule has 0 fully saturated rings. The first-order valence-electron chi connectivity index (χ1n) is 7.93. The molecule has 2 rings (SSSR count). The monoisotopic (exact) mass is 369 g/mol. The summed E-state index contributed by atoms with van der Waals surface area (Å²) in [6.45, 7) is 1.79. The summed E-state index contributed by atoms with van der Waals surface area (Å²) in [6.07, 6.45) is 1.34. The number of esters is 2. The Morgan fingerprint density at radius 2 is 1.85 bits per heavy atom. The molecule has 0 aliphatic carbocycles. The van der Waals surface area contributed by atoms with Crippen LogP contribution in [0.4, 0.5) is 4.39 Å². The molecule has 138 valence electrons. The molecule has 0 N–H and O–H groups in total. The normalized spacial score (nSPS) is 10.7. The lowest BCUT2D eigenvalue weighted by molar-refractivity contribution is -0.137. The Bertz CT molecular complexity index is 913. The fraction of sp³-hybridized carbons (Fsp3) is 0.150. The molecular weight excluding hydrogens is 353 g/mol. The largest absolute Gasteiger partial charge is 0.493 e. The molecular formula is C20H16FNO5. The van der Waals surface area contributed by atoms with E-state index < -0.39 is 17.8 Å². The summed E-state index contributed by atoms with van der Waals surface area (Å²) in [6, 6.07) is 11.2. The van der Waals surface area contributed by atoms with Gasteiger partial charge in [-0.25, -0.2) is 14.0 Å². The highest BCUT2D eigenvalue weighted by Gasteiger charge is 2.14. The molecule has 2 aromatic rings. The maximum Gasteiger partial charge on any atom is 0.348 e. The standard InChI is InChI=1S/C20H16FNO5/c1-3-26-19(23)15(12-22)10-13-4-9-17(18(11-13)25-2)27-20(24)14-5-7-16(21)8-6-14/h4-11H,3H2,1-2H3/b15-10-. The first-order chi connectivity index (χ1) is 13.0. The number of nitriles is 1. The van der Waals surface area contributed by atoms with Gasteiger partial charge in [0.25, 0.3) is 0 Å². The molecule has 0 saturated heterocycles. The predicted molar refractivity (Wildman–Crippen MR) is 94.6 cm³/mol. The third-order valence-electron chi connectivity index (χ3n) is 3.40. The summed E-state index contributed by atoms with van der Waals surface area (Å²) in [5.74, 6) is -1.51. The Hall–Kier alpha value is -3.66. The average molecular weight is 369 g/mol. The van der Waals surface area contributed by atoms with Gasteiger partial charge in [0, 0.05) is 0 Å². The summed E-state index contributed by atoms with van der Waals surface area (Å²) in [7, 11) is 1.38. The van der Waals surface area contributed by atoms with Crippen molar-refractivity contribution in [3.8, 4) is 17.6 Å². The van der Waals surface area contributed by atoms with Gasteiger partial charge >= 0.3 is 11.9 Å². The molecule has 0 aromatic heterocycles. The number of halogens is 1. The average Bonchev–Trinajstić information content (AvgIpc) is 2.67. The van der Waals surface area contributed by atoms with E-state index in [1.165, 1.54) is 37.5 Å². The van der Waals surface area contributed by atoms with Crippen LogP contribution in [0.15, 0.2) is 48.0 Å². The minimum absolute atomic E-state index is 0.138. The molecule has 0 heterocycles. The van der Waals surface area contributed by atoms with Crippen LogP contribution in [-0.4, -0.2) is 25.7 Å². The number of carbonyl (C=O) groups is 2. The first-order valence-corrected chi connectivity index (χ1v) is 7.93. The Morgan fingerprint density at radius 1 is 1.15 bits per heavy atom. The van der Waals surface area contributed by atoms with Gasteiger partial charge in [0.05, 0.1) is 19.3 Å². The van der Waals surface area contributed by atoms with E-state index in [4.69, 9.17) is 19.5 Å². The Labute approximate surface area is 155 Å². The molecule has 0 radical (unpaired) electrons. The van der Waals surface area contributed by atoms with Gasteiger partial charge in [-0.3, -0.25) is 0 Å². The maximum absolute atomic E-state index is 12.9. The van der Waals surface area contributed by atoms with E-state index in [1.54, 1.807) is 19.1 Å². The van der Waals surface area contributed by atoms with E-state index >= 15 is 0 Å². The number of hydrogen-bond acceptors (Lipinski definition) is 6. The summed E-state index contributed by atoms with van der Waals surface area (Å²) < 4.78 is 28.2. The lowest BCUT2D eigenvalue weighted by Gasteiger charge is -2.10. The van der Waals surface area contributed by atoms with E-state index in [1.807, 2.05) is 0 Å². The van der Waals surface area contributed by atoms with Crippen molar-refractivity contribution in [3.05, 3.63) is 65.0 Å². The second-order valence-electron chi connectivity index (χ2n) is 5.20. The van der Waals surface area contributed by atoms with Crippen molar-refractivity contribution in [2.45, 2.75) is 6.92 Å². The number of methoxy groups -OCH3 is 1. The minimum Gasteiger partial charge on any atom is -0.493 e. The molecule has 2 aromatic carbocycles. The van der Waals surface area contributed by atoms with Gasteiger partial charge in [-0.1, -0.05) is 6.07 Å². The van der Waals surface area contributed by atoms with Gasteiger partial charge in [0.15, 0.2) is 11.5 Å². The zero-order chi connectivity index (χ0) is 19.8. The molecule has 0 saturated carbocycles. The van der Waals surface area contributed by atoms with Crippen LogP contribution in [0.2, 0.25) is 0 Å². The van der Waals surface area contributed by atoms with Crippen LogP contribution in [0, 0.1) is 17.1 Å². The molecule has 7 heteroatoms. The smallest absolute Gasteiger partial charge is 0.348 e. The number of nitrogens with zero attached hydrogens (tertiary/aromatic N) is 1. The lowest BCUT2D eigenvalue weighted by Crippen LogP contribution is -2.09. The number of ether oxygens (including phenoxy) is 3. The van der Waals surface area contributed by atoms with Gasteiger partial charge in [0.1, 0.15) is 17.5 Å². The molecule has 0 atom stereocenters. The first kappa shape index (κ1) is 19.7. The quantitative estimate of drug-likeness (QED) is 0.335. The Balaban J connectivity index is 2.25. The van der Waals surface area contributed by atoms with E-state index in [0.717, 1.165) is 12.1 Å². The van der Waals surface area contributed by atoms with Crippen LogP contribution in [-0.2, 0) is 9.53 Å². The van der Waals surface area contributed by atoms with Gasteiger partial charge < -0.3 is 14.2 Å². The third-order valence-corrected chi connectivity index (χ3v) is 3.40. The van der Waals surface area contributed by atoms with Gasteiger partial charge in [-0.05, 0) is 55.0 Å². The van der Waals surface area contributed by atoms with Gasteiger partial charge in [-0.2, -0.15) is 5.26 Å². The topological polar surface area (TPSA) is 85.6 Å². The number of carbonyl (C=O) groups excluding carboxylic acids is 2. The third kappa shape index (κ3) is 5.16. The zero-order valence-corrected chi connectivity index (χ0v) is 14.7. The van der Waals surface area contributed by atoms with Crippen LogP contribution in [0.25, 0.3) is 6.08 Å². The highest BCUT2D eigenvalue weighted by atomic mass is 19.1. The minimum atomic E-state index is -0.731. The molecule has 0 aliphatic rings. The summed E-state index contributed by atoms with van der Waals surface area (Å²) in [4.78, 5) is 23.8. The second kappa shape index (κ2) is 9.15. The Kier molecular flexibility index (Phi) is 6.67. The molecule has 0 spiro atoms. The van der Waals surface area contributed by atoms with Crippen LogP contribution < -0.4 is 9.47 Å². The van der Waals surface area contributed by atoms with E-state index in [9.17, 15) is 14.0 Å². The molecule has 0 aliphatic heterocycles. The Morgan fingerprint density at radius 3 is 2.44 bits per heavy atom. The zero-order valence-electron chi connectivity index (χ0n) is 14.7. The lowest BCUT2D eigenvalue weighted by atomic mass is 10.1.